The molecule has 1 aromatic heterocycles. The number of aromatic nitrogens is 2. The van der Waals surface area contributed by atoms with E-state index in [4.69, 9.17) is 10.5 Å². The third kappa shape index (κ3) is 2.71. The highest BCUT2D eigenvalue weighted by atomic mass is 16.5. The van der Waals surface area contributed by atoms with E-state index >= 15 is 0 Å². The molecule has 0 unspecified atom stereocenters. The lowest BCUT2D eigenvalue weighted by Crippen LogP contribution is -2.27. The third-order valence-electron chi connectivity index (χ3n) is 2.44. The number of nitrogens with one attached hydrogen (secondary N) is 1. The molecule has 2 rings (SSSR count). The number of hydrogen-bond acceptors (Lipinski definition) is 4. The average molecular weight is 260 g/mol. The van der Waals surface area contributed by atoms with Gasteiger partial charge in [0.1, 0.15) is 17.8 Å². The van der Waals surface area contributed by atoms with Crippen LogP contribution >= 0.6 is 0 Å². The first kappa shape index (κ1) is 12.6. The van der Waals surface area contributed by atoms with Gasteiger partial charge in [-0.1, -0.05) is 6.07 Å². The van der Waals surface area contributed by atoms with E-state index in [1.807, 2.05) is 0 Å². The Morgan fingerprint density at radius 3 is 2.89 bits per heavy atom. The maximum atomic E-state index is 12.0. The van der Waals surface area contributed by atoms with Gasteiger partial charge in [0, 0.05) is 5.56 Å². The fourth-order valence-corrected chi connectivity index (χ4v) is 1.50. The Morgan fingerprint density at radius 2 is 2.21 bits per heavy atom. The number of carbonyl (C=O) groups is 2. The van der Waals surface area contributed by atoms with Crippen LogP contribution in [0.3, 0.4) is 0 Å². The Hall–Kier alpha value is -2.83. The first-order valence-electron chi connectivity index (χ1n) is 5.39. The van der Waals surface area contributed by atoms with E-state index in [9.17, 15) is 9.59 Å². The molecule has 0 spiro atoms. The minimum atomic E-state index is -0.677. The molecule has 0 saturated carbocycles. The van der Waals surface area contributed by atoms with Crippen molar-refractivity contribution in [2.75, 3.05) is 12.5 Å². The van der Waals surface area contributed by atoms with Crippen molar-refractivity contribution in [1.82, 2.24) is 9.66 Å². The van der Waals surface area contributed by atoms with E-state index in [-0.39, 0.29) is 5.69 Å². The fourth-order valence-electron chi connectivity index (χ4n) is 1.50. The second-order valence-electron chi connectivity index (χ2n) is 3.69. The highest BCUT2D eigenvalue weighted by Crippen LogP contribution is 2.12. The summed E-state index contributed by atoms with van der Waals surface area (Å²) in [6, 6.07) is 6.62. The molecule has 1 heterocycles. The summed E-state index contributed by atoms with van der Waals surface area (Å²) in [5, 5.41) is 0. The van der Waals surface area contributed by atoms with Crippen molar-refractivity contribution in [3.8, 4) is 5.75 Å². The monoisotopic (exact) mass is 260 g/mol. The summed E-state index contributed by atoms with van der Waals surface area (Å²) in [5.74, 6) is -0.517. The molecule has 2 aromatic rings. The largest absolute Gasteiger partial charge is 0.497 e. The molecular formula is C12H12N4O3. The smallest absolute Gasteiger partial charge is 0.270 e. The molecule has 1 aromatic carbocycles. The third-order valence-corrected chi connectivity index (χ3v) is 2.44. The Kier molecular flexibility index (Phi) is 3.46. The van der Waals surface area contributed by atoms with Crippen molar-refractivity contribution in [2.24, 2.45) is 5.73 Å². The summed E-state index contributed by atoms with van der Waals surface area (Å²) in [7, 11) is 1.51. The Bertz CT molecular complexity index is 621. The van der Waals surface area contributed by atoms with Crippen LogP contribution in [0.15, 0.2) is 36.8 Å². The molecule has 7 nitrogen and oxygen atoms in total. The zero-order valence-electron chi connectivity index (χ0n) is 10.2. The number of amides is 2. The van der Waals surface area contributed by atoms with Gasteiger partial charge >= 0.3 is 0 Å². The number of rotatable bonds is 4. The predicted molar refractivity (Wildman–Crippen MR) is 67.4 cm³/mol. The molecule has 0 fully saturated rings. The van der Waals surface area contributed by atoms with Gasteiger partial charge in [-0.2, -0.15) is 0 Å². The number of ether oxygens (including phenoxy) is 1. The quantitative estimate of drug-likeness (QED) is 0.829. The van der Waals surface area contributed by atoms with Gasteiger partial charge in [0.2, 0.25) is 0 Å². The Morgan fingerprint density at radius 1 is 1.42 bits per heavy atom. The van der Waals surface area contributed by atoms with Crippen LogP contribution in [0.5, 0.6) is 5.75 Å². The number of benzene rings is 1. The normalized spacial score (nSPS) is 9.95. The van der Waals surface area contributed by atoms with Crippen LogP contribution in [-0.4, -0.2) is 28.6 Å². The van der Waals surface area contributed by atoms with E-state index in [2.05, 4.69) is 10.4 Å². The zero-order chi connectivity index (χ0) is 13.8. The molecule has 19 heavy (non-hydrogen) atoms. The summed E-state index contributed by atoms with van der Waals surface area (Å²) >= 11 is 0. The fraction of sp³-hybridized carbons (Fsp3) is 0.0833. The van der Waals surface area contributed by atoms with Gasteiger partial charge in [0.05, 0.1) is 13.3 Å². The molecular weight excluding hydrogens is 248 g/mol. The van der Waals surface area contributed by atoms with Crippen molar-refractivity contribution >= 4 is 11.8 Å². The molecule has 3 N–H and O–H groups in total. The van der Waals surface area contributed by atoms with Crippen molar-refractivity contribution in [2.45, 2.75) is 0 Å². The summed E-state index contributed by atoms with van der Waals surface area (Å²) in [5.41, 5.74) is 8.13. The summed E-state index contributed by atoms with van der Waals surface area (Å²) in [6.07, 6.45) is 2.56. The van der Waals surface area contributed by atoms with Crippen LogP contribution in [0.25, 0.3) is 0 Å². The Labute approximate surface area is 109 Å². The van der Waals surface area contributed by atoms with Crippen molar-refractivity contribution < 1.29 is 14.3 Å². The number of hydrogen-bond donors (Lipinski definition) is 2. The minimum Gasteiger partial charge on any atom is -0.497 e. The lowest BCUT2D eigenvalue weighted by atomic mass is 10.2. The molecule has 0 atom stereocenters. The lowest BCUT2D eigenvalue weighted by Gasteiger charge is -2.08. The second kappa shape index (κ2) is 5.21. The molecule has 0 radical (unpaired) electrons. The highest BCUT2D eigenvalue weighted by Gasteiger charge is 2.12. The van der Waals surface area contributed by atoms with Crippen molar-refractivity contribution in [1.29, 1.82) is 0 Å². The first-order chi connectivity index (χ1) is 9.11. The van der Waals surface area contributed by atoms with Crippen LogP contribution in [0.2, 0.25) is 0 Å². The van der Waals surface area contributed by atoms with Crippen LogP contribution in [0, 0.1) is 0 Å². The van der Waals surface area contributed by atoms with Gasteiger partial charge < -0.3 is 10.5 Å². The molecule has 0 aliphatic carbocycles. The minimum absolute atomic E-state index is 0.0937. The maximum absolute atomic E-state index is 12.0. The molecule has 0 aliphatic rings. The molecule has 0 aliphatic heterocycles. The van der Waals surface area contributed by atoms with Gasteiger partial charge in [0.15, 0.2) is 0 Å². The van der Waals surface area contributed by atoms with Gasteiger partial charge in [-0.05, 0) is 18.2 Å². The van der Waals surface area contributed by atoms with Crippen LogP contribution in [0.1, 0.15) is 20.8 Å². The summed E-state index contributed by atoms with van der Waals surface area (Å²) < 4.78 is 6.20. The zero-order valence-corrected chi connectivity index (χ0v) is 10.2. The molecule has 7 heteroatoms. The van der Waals surface area contributed by atoms with E-state index in [0.717, 1.165) is 0 Å². The van der Waals surface area contributed by atoms with E-state index < -0.39 is 11.8 Å². The summed E-state index contributed by atoms with van der Waals surface area (Å²) in [6.45, 7) is 0. The van der Waals surface area contributed by atoms with Gasteiger partial charge in [-0.25, -0.2) is 9.66 Å². The molecule has 0 bridgehead atoms. The van der Waals surface area contributed by atoms with Crippen molar-refractivity contribution in [3.05, 3.63) is 48.0 Å². The predicted octanol–water partition coefficient (Wildman–Crippen LogP) is 0.374. The van der Waals surface area contributed by atoms with Crippen LogP contribution in [-0.2, 0) is 0 Å². The van der Waals surface area contributed by atoms with Crippen LogP contribution in [0.4, 0.5) is 0 Å². The maximum Gasteiger partial charge on any atom is 0.270 e. The molecule has 2 amide bonds. The number of imidazole rings is 1. The number of methoxy groups -OCH3 is 1. The van der Waals surface area contributed by atoms with E-state index in [1.54, 1.807) is 24.3 Å². The number of primary amides is 1. The van der Waals surface area contributed by atoms with Crippen molar-refractivity contribution in [3.63, 3.8) is 0 Å². The molecule has 0 saturated heterocycles. The molecule has 98 valence electrons. The van der Waals surface area contributed by atoms with Gasteiger partial charge in [-0.15, -0.1) is 0 Å². The van der Waals surface area contributed by atoms with E-state index in [0.29, 0.717) is 11.3 Å². The standard InChI is InChI=1S/C12H12N4O3/c1-19-9-4-2-3-8(5-9)12(18)15-16-7-14-6-10(16)11(13)17/h2-7H,1H3,(H2,13,17)(H,15,18). The first-order valence-corrected chi connectivity index (χ1v) is 5.39. The topological polar surface area (TPSA) is 99.2 Å². The van der Waals surface area contributed by atoms with Gasteiger partial charge in [-0.3, -0.25) is 15.0 Å². The SMILES string of the molecule is COc1cccc(C(=O)Nn2cncc2C(N)=O)c1. The highest BCUT2D eigenvalue weighted by molar-refractivity contribution is 6.01. The number of nitrogens with two attached hydrogens (primary N) is 1. The van der Waals surface area contributed by atoms with Crippen LogP contribution < -0.4 is 15.9 Å². The van der Waals surface area contributed by atoms with Gasteiger partial charge in [0.25, 0.3) is 11.8 Å². The number of carbonyl (C=O) groups excluding carboxylic acids is 2. The summed E-state index contributed by atoms with van der Waals surface area (Å²) in [4.78, 5) is 26.8. The number of nitrogens with zero attached hydrogens (tertiary/aromatic N) is 2. The average Bonchev–Trinajstić information content (AvgIpc) is 2.87. The Balaban J connectivity index is 2.20. The second-order valence-corrected chi connectivity index (χ2v) is 3.69. The van der Waals surface area contributed by atoms with E-state index in [1.165, 1.54) is 24.3 Å². The lowest BCUT2D eigenvalue weighted by molar-refractivity contribution is 0.0988.